The van der Waals surface area contributed by atoms with Gasteiger partial charge in [-0.2, -0.15) is 0 Å². The fraction of sp³-hybridized carbons (Fsp3) is 0.391. The predicted molar refractivity (Wildman–Crippen MR) is 104 cm³/mol. The Bertz CT molecular complexity index is 776. The van der Waals surface area contributed by atoms with Gasteiger partial charge in [-0.3, -0.25) is 0 Å². The Morgan fingerprint density at radius 3 is 2.17 bits per heavy atom. The molecule has 24 heavy (non-hydrogen) atoms. The summed E-state index contributed by atoms with van der Waals surface area (Å²) in [6.45, 7) is 11.7. The average Bonchev–Trinajstić information content (AvgIpc) is 2.72. The molecule has 3 rings (SSSR count). The van der Waals surface area contributed by atoms with Gasteiger partial charge in [0.05, 0.1) is 7.11 Å². The Morgan fingerprint density at radius 2 is 1.54 bits per heavy atom. The number of rotatable bonds is 3. The molecule has 2 aromatic rings. The van der Waals surface area contributed by atoms with Crippen molar-refractivity contribution >= 4 is 11.6 Å². The van der Waals surface area contributed by atoms with Crippen LogP contribution in [0.3, 0.4) is 0 Å². The lowest BCUT2D eigenvalue weighted by atomic mass is 9.82. The van der Waals surface area contributed by atoms with Crippen molar-refractivity contribution in [2.45, 2.75) is 51.9 Å². The van der Waals surface area contributed by atoms with Gasteiger partial charge in [-0.25, -0.2) is 0 Å². The van der Waals surface area contributed by atoms with E-state index in [1.165, 1.54) is 34.2 Å². The molecule has 0 spiro atoms. The molecule has 1 aliphatic rings. The SMILES string of the molecule is COc1ccc(/C=C(\C)c2ccc3c(c2)C(C)(C)CC3(C)C)cc1. The molecule has 2 aromatic carbocycles. The first-order valence-corrected chi connectivity index (χ1v) is 8.71. The molecule has 0 atom stereocenters. The van der Waals surface area contributed by atoms with Crippen LogP contribution >= 0.6 is 0 Å². The van der Waals surface area contributed by atoms with E-state index < -0.39 is 0 Å². The number of benzene rings is 2. The fourth-order valence-corrected chi connectivity index (χ4v) is 4.27. The van der Waals surface area contributed by atoms with Gasteiger partial charge in [-0.1, -0.05) is 64.1 Å². The molecule has 1 aliphatic carbocycles. The lowest BCUT2D eigenvalue weighted by Crippen LogP contribution is -2.17. The van der Waals surface area contributed by atoms with Crippen molar-refractivity contribution < 1.29 is 4.74 Å². The monoisotopic (exact) mass is 320 g/mol. The Balaban J connectivity index is 1.97. The summed E-state index contributed by atoms with van der Waals surface area (Å²) in [6, 6.07) is 15.2. The van der Waals surface area contributed by atoms with Gasteiger partial charge in [0.25, 0.3) is 0 Å². The van der Waals surface area contributed by atoms with Gasteiger partial charge in [0.1, 0.15) is 5.75 Å². The van der Waals surface area contributed by atoms with Crippen molar-refractivity contribution in [2.24, 2.45) is 0 Å². The maximum atomic E-state index is 5.23. The third-order valence-electron chi connectivity index (χ3n) is 5.32. The normalized spacial score (nSPS) is 18.3. The summed E-state index contributed by atoms with van der Waals surface area (Å²) in [5.74, 6) is 0.895. The molecule has 0 unspecified atom stereocenters. The van der Waals surface area contributed by atoms with E-state index in [0.717, 1.165) is 5.75 Å². The van der Waals surface area contributed by atoms with E-state index in [9.17, 15) is 0 Å². The van der Waals surface area contributed by atoms with Crippen LogP contribution in [0.25, 0.3) is 11.6 Å². The van der Waals surface area contributed by atoms with Gasteiger partial charge in [-0.05, 0) is 64.1 Å². The Hall–Kier alpha value is -2.02. The van der Waals surface area contributed by atoms with Crippen LogP contribution in [0, 0.1) is 0 Å². The molecular weight excluding hydrogens is 292 g/mol. The first-order chi connectivity index (χ1) is 11.2. The summed E-state index contributed by atoms with van der Waals surface area (Å²) in [4.78, 5) is 0. The highest BCUT2D eigenvalue weighted by Crippen LogP contribution is 2.49. The van der Waals surface area contributed by atoms with Crippen LogP contribution in [0.2, 0.25) is 0 Å². The van der Waals surface area contributed by atoms with Crippen LogP contribution in [-0.2, 0) is 10.8 Å². The van der Waals surface area contributed by atoms with Gasteiger partial charge < -0.3 is 4.74 Å². The van der Waals surface area contributed by atoms with E-state index in [1.807, 2.05) is 12.1 Å². The number of fused-ring (bicyclic) bond motifs is 1. The molecule has 0 fully saturated rings. The van der Waals surface area contributed by atoms with Crippen LogP contribution in [0.15, 0.2) is 42.5 Å². The summed E-state index contributed by atoms with van der Waals surface area (Å²) >= 11 is 0. The molecule has 0 aromatic heterocycles. The second kappa shape index (κ2) is 5.81. The first kappa shape index (κ1) is 16.8. The zero-order valence-corrected chi connectivity index (χ0v) is 15.7. The second-order valence-electron chi connectivity index (χ2n) is 8.31. The van der Waals surface area contributed by atoms with Crippen molar-refractivity contribution in [3.63, 3.8) is 0 Å². The van der Waals surface area contributed by atoms with Crippen molar-refractivity contribution in [1.29, 1.82) is 0 Å². The molecule has 0 N–H and O–H groups in total. The second-order valence-corrected chi connectivity index (χ2v) is 8.31. The minimum atomic E-state index is 0.245. The molecule has 0 aliphatic heterocycles. The molecule has 0 heterocycles. The Kier molecular flexibility index (Phi) is 4.07. The van der Waals surface area contributed by atoms with Crippen LogP contribution < -0.4 is 4.74 Å². The maximum Gasteiger partial charge on any atom is 0.118 e. The molecule has 0 amide bonds. The van der Waals surface area contributed by atoms with E-state index in [0.29, 0.717) is 0 Å². The van der Waals surface area contributed by atoms with Gasteiger partial charge >= 0.3 is 0 Å². The smallest absolute Gasteiger partial charge is 0.118 e. The predicted octanol–water partition coefficient (Wildman–Crippen LogP) is 6.21. The number of hydrogen-bond acceptors (Lipinski definition) is 1. The molecule has 0 radical (unpaired) electrons. The topological polar surface area (TPSA) is 9.23 Å². The zero-order valence-electron chi connectivity index (χ0n) is 15.7. The van der Waals surface area contributed by atoms with Crippen molar-refractivity contribution in [2.75, 3.05) is 7.11 Å². The molecule has 126 valence electrons. The number of ether oxygens (including phenoxy) is 1. The zero-order chi connectivity index (χ0) is 17.5. The molecule has 0 saturated carbocycles. The molecule has 0 saturated heterocycles. The molecule has 1 nitrogen and oxygen atoms in total. The van der Waals surface area contributed by atoms with Crippen molar-refractivity contribution in [1.82, 2.24) is 0 Å². The molecule has 0 bridgehead atoms. The lowest BCUT2D eigenvalue weighted by molar-refractivity contribution is 0.403. The highest BCUT2D eigenvalue weighted by Gasteiger charge is 2.41. The third-order valence-corrected chi connectivity index (χ3v) is 5.32. The van der Waals surface area contributed by atoms with Gasteiger partial charge in [-0.15, -0.1) is 0 Å². The quantitative estimate of drug-likeness (QED) is 0.610. The average molecular weight is 320 g/mol. The van der Waals surface area contributed by atoms with E-state index >= 15 is 0 Å². The van der Waals surface area contributed by atoms with Crippen molar-refractivity contribution in [3.05, 3.63) is 64.7 Å². The van der Waals surface area contributed by atoms with Crippen LogP contribution in [0.4, 0.5) is 0 Å². The third kappa shape index (κ3) is 3.00. The standard InChI is InChI=1S/C23H28O/c1-16(13-17-7-10-19(24-6)11-8-17)18-9-12-20-21(14-18)23(4,5)15-22(20,2)3/h7-14H,15H2,1-6H3/b16-13+. The highest BCUT2D eigenvalue weighted by molar-refractivity contribution is 5.81. The van der Waals surface area contributed by atoms with Gasteiger partial charge in [0.2, 0.25) is 0 Å². The summed E-state index contributed by atoms with van der Waals surface area (Å²) in [5, 5.41) is 0. The Morgan fingerprint density at radius 1 is 0.917 bits per heavy atom. The maximum absolute atomic E-state index is 5.23. The van der Waals surface area contributed by atoms with E-state index in [2.05, 4.69) is 71.0 Å². The number of hydrogen-bond donors (Lipinski definition) is 0. The van der Waals surface area contributed by atoms with Gasteiger partial charge in [0.15, 0.2) is 0 Å². The van der Waals surface area contributed by atoms with Crippen molar-refractivity contribution in [3.8, 4) is 5.75 Å². The van der Waals surface area contributed by atoms with E-state index in [1.54, 1.807) is 7.11 Å². The minimum Gasteiger partial charge on any atom is -0.497 e. The summed E-state index contributed by atoms with van der Waals surface area (Å²) in [5.41, 5.74) is 7.34. The summed E-state index contributed by atoms with van der Waals surface area (Å²) in [6.07, 6.45) is 3.45. The fourth-order valence-electron chi connectivity index (χ4n) is 4.27. The largest absolute Gasteiger partial charge is 0.497 e. The van der Waals surface area contributed by atoms with Gasteiger partial charge in [0, 0.05) is 0 Å². The lowest BCUT2D eigenvalue weighted by Gasteiger charge is -2.22. The molecular formula is C23H28O. The minimum absolute atomic E-state index is 0.245. The molecule has 1 heteroatoms. The van der Waals surface area contributed by atoms with Crippen LogP contribution in [0.1, 0.15) is 63.3 Å². The summed E-state index contributed by atoms with van der Waals surface area (Å²) in [7, 11) is 1.70. The van der Waals surface area contributed by atoms with Crippen LogP contribution in [-0.4, -0.2) is 7.11 Å². The van der Waals surface area contributed by atoms with E-state index in [4.69, 9.17) is 4.74 Å². The first-order valence-electron chi connectivity index (χ1n) is 8.71. The van der Waals surface area contributed by atoms with E-state index in [-0.39, 0.29) is 10.8 Å². The number of methoxy groups -OCH3 is 1. The summed E-state index contributed by atoms with van der Waals surface area (Å²) < 4.78 is 5.23. The van der Waals surface area contributed by atoms with Crippen LogP contribution in [0.5, 0.6) is 5.75 Å². The number of allylic oxidation sites excluding steroid dienone is 1. The highest BCUT2D eigenvalue weighted by atomic mass is 16.5. The Labute approximate surface area is 146 Å².